The third-order valence-corrected chi connectivity index (χ3v) is 5.01. The minimum Gasteiger partial charge on any atom is -0.381 e. The van der Waals surface area contributed by atoms with Crippen molar-refractivity contribution in [3.05, 3.63) is 41.1 Å². The van der Waals surface area contributed by atoms with Gasteiger partial charge in [0.15, 0.2) is 0 Å². The van der Waals surface area contributed by atoms with Crippen molar-refractivity contribution in [3.63, 3.8) is 0 Å². The number of fused-ring (bicyclic) bond motifs is 1. The molecule has 4 rings (SSSR count). The second-order valence-electron chi connectivity index (χ2n) is 7.19. The maximum Gasteiger partial charge on any atom is 0.272 e. The molecule has 2 aliphatic rings. The van der Waals surface area contributed by atoms with Crippen LogP contribution in [0.3, 0.4) is 0 Å². The van der Waals surface area contributed by atoms with Gasteiger partial charge in [0.1, 0.15) is 0 Å². The van der Waals surface area contributed by atoms with Crippen molar-refractivity contribution < 1.29 is 14.3 Å². The van der Waals surface area contributed by atoms with Crippen LogP contribution in [0.25, 0.3) is 11.3 Å². The van der Waals surface area contributed by atoms with Crippen LogP contribution in [0.5, 0.6) is 0 Å². The molecule has 0 spiro atoms. The highest BCUT2D eigenvalue weighted by Crippen LogP contribution is 2.29. The molecule has 3 heterocycles. The first-order valence-electron chi connectivity index (χ1n) is 9.41. The summed E-state index contributed by atoms with van der Waals surface area (Å²) in [6.07, 6.45) is 3.65. The first-order chi connectivity index (χ1) is 13.5. The number of aromatic nitrogens is 2. The first kappa shape index (κ1) is 18.4. The Kier molecular flexibility index (Phi) is 4.95. The third kappa shape index (κ3) is 3.68. The molecule has 2 amide bonds. The lowest BCUT2D eigenvalue weighted by atomic mass is 10.0. The Balaban J connectivity index is 1.60. The van der Waals surface area contributed by atoms with E-state index in [2.05, 4.69) is 15.7 Å². The van der Waals surface area contributed by atoms with E-state index in [0.717, 1.165) is 48.4 Å². The summed E-state index contributed by atoms with van der Waals surface area (Å²) in [6.45, 7) is 5.20. The topological polar surface area (TPSA) is 96.5 Å². The number of ether oxygens (including phenoxy) is 1. The van der Waals surface area contributed by atoms with Gasteiger partial charge in [-0.05, 0) is 37.0 Å². The van der Waals surface area contributed by atoms with E-state index in [0.29, 0.717) is 24.1 Å². The predicted octanol–water partition coefficient (Wildman–Crippen LogP) is 2.05. The molecule has 0 radical (unpaired) electrons. The molecule has 146 valence electrons. The Bertz CT molecular complexity index is 924. The fourth-order valence-corrected chi connectivity index (χ4v) is 3.56. The zero-order valence-electron chi connectivity index (χ0n) is 16.0. The molecule has 1 aromatic heterocycles. The van der Waals surface area contributed by atoms with Crippen LogP contribution in [0.15, 0.2) is 24.4 Å². The van der Waals surface area contributed by atoms with Crippen LogP contribution in [0.2, 0.25) is 0 Å². The molecule has 0 bridgehead atoms. The molecule has 8 nitrogen and oxygen atoms in total. The minimum absolute atomic E-state index is 0.209. The zero-order valence-corrected chi connectivity index (χ0v) is 16.0. The Morgan fingerprint density at radius 3 is 2.82 bits per heavy atom. The van der Waals surface area contributed by atoms with Crippen LogP contribution >= 0.6 is 0 Å². The summed E-state index contributed by atoms with van der Waals surface area (Å²) >= 11 is 0. The SMILES string of the molecule is CC(=O)NN1Cc2ccc(-c3nc(NC4CCOCC4)ncc3C)cc2C1=O. The van der Waals surface area contributed by atoms with E-state index in [1.54, 1.807) is 6.20 Å². The smallest absolute Gasteiger partial charge is 0.272 e. The number of amides is 2. The number of hydrogen-bond donors (Lipinski definition) is 2. The van der Waals surface area contributed by atoms with Crippen molar-refractivity contribution in [1.82, 2.24) is 20.4 Å². The number of hydrazine groups is 1. The van der Waals surface area contributed by atoms with Crippen LogP contribution in [-0.4, -0.2) is 46.0 Å². The van der Waals surface area contributed by atoms with E-state index in [9.17, 15) is 9.59 Å². The van der Waals surface area contributed by atoms with Gasteiger partial charge in [-0.2, -0.15) is 0 Å². The molecule has 2 aromatic rings. The molecule has 0 aliphatic carbocycles. The summed E-state index contributed by atoms with van der Waals surface area (Å²) in [4.78, 5) is 33.0. The standard InChI is InChI=1S/C20H23N5O3/c1-12-10-21-20(22-16-5-7-28-8-6-16)23-18(12)14-3-4-15-11-25(24-13(2)26)19(27)17(15)9-14/h3-4,9-10,16H,5-8,11H2,1-2H3,(H,24,26)(H,21,22,23). The minimum atomic E-state index is -0.267. The largest absolute Gasteiger partial charge is 0.381 e. The average molecular weight is 381 g/mol. The van der Waals surface area contributed by atoms with Gasteiger partial charge < -0.3 is 10.1 Å². The van der Waals surface area contributed by atoms with Crippen molar-refractivity contribution in [3.8, 4) is 11.3 Å². The maximum atomic E-state index is 12.6. The summed E-state index contributed by atoms with van der Waals surface area (Å²) in [5, 5.41) is 4.72. The molecule has 1 fully saturated rings. The van der Waals surface area contributed by atoms with E-state index in [4.69, 9.17) is 9.72 Å². The number of anilines is 1. The summed E-state index contributed by atoms with van der Waals surface area (Å²) in [5.74, 6) is 0.107. The Morgan fingerprint density at radius 2 is 2.07 bits per heavy atom. The van der Waals surface area contributed by atoms with E-state index >= 15 is 0 Å². The van der Waals surface area contributed by atoms with Crippen molar-refractivity contribution >= 4 is 17.8 Å². The van der Waals surface area contributed by atoms with Crippen LogP contribution in [-0.2, 0) is 16.1 Å². The predicted molar refractivity (Wildman–Crippen MR) is 103 cm³/mol. The van der Waals surface area contributed by atoms with Gasteiger partial charge in [-0.15, -0.1) is 0 Å². The van der Waals surface area contributed by atoms with Crippen LogP contribution in [0, 0.1) is 6.92 Å². The van der Waals surface area contributed by atoms with E-state index in [-0.39, 0.29) is 11.8 Å². The van der Waals surface area contributed by atoms with E-state index in [1.165, 1.54) is 11.9 Å². The zero-order chi connectivity index (χ0) is 19.7. The first-order valence-corrected chi connectivity index (χ1v) is 9.41. The van der Waals surface area contributed by atoms with E-state index < -0.39 is 0 Å². The van der Waals surface area contributed by atoms with Crippen molar-refractivity contribution in [2.45, 2.75) is 39.3 Å². The summed E-state index contributed by atoms with van der Waals surface area (Å²) < 4.78 is 5.39. The van der Waals surface area contributed by atoms with Crippen molar-refractivity contribution in [2.24, 2.45) is 0 Å². The molecule has 0 saturated carbocycles. The number of carbonyl (C=O) groups excluding carboxylic acids is 2. The van der Waals surface area contributed by atoms with Crippen LogP contribution < -0.4 is 10.7 Å². The lowest BCUT2D eigenvalue weighted by Crippen LogP contribution is -2.40. The summed E-state index contributed by atoms with van der Waals surface area (Å²) in [7, 11) is 0. The molecule has 2 aliphatic heterocycles. The molecule has 1 saturated heterocycles. The lowest BCUT2D eigenvalue weighted by Gasteiger charge is -2.23. The molecule has 0 atom stereocenters. The highest BCUT2D eigenvalue weighted by Gasteiger charge is 2.28. The summed E-state index contributed by atoms with van der Waals surface area (Å²) in [6, 6.07) is 6.01. The monoisotopic (exact) mass is 381 g/mol. The van der Waals surface area contributed by atoms with Crippen molar-refractivity contribution in [2.75, 3.05) is 18.5 Å². The van der Waals surface area contributed by atoms with Gasteiger partial charge in [0.25, 0.3) is 5.91 Å². The molecular weight excluding hydrogens is 358 g/mol. The number of nitrogens with one attached hydrogen (secondary N) is 2. The number of rotatable bonds is 4. The number of hydrogen-bond acceptors (Lipinski definition) is 6. The molecule has 2 N–H and O–H groups in total. The van der Waals surface area contributed by atoms with Gasteiger partial charge in [-0.3, -0.25) is 15.0 Å². The van der Waals surface area contributed by atoms with Crippen LogP contribution in [0.4, 0.5) is 5.95 Å². The number of aryl methyl sites for hydroxylation is 1. The normalized spacial score (nSPS) is 16.8. The summed E-state index contributed by atoms with van der Waals surface area (Å²) in [5.41, 5.74) is 6.61. The maximum absolute atomic E-state index is 12.6. The second-order valence-corrected chi connectivity index (χ2v) is 7.19. The Labute approximate surface area is 163 Å². The van der Waals surface area contributed by atoms with Gasteiger partial charge in [-0.25, -0.2) is 15.0 Å². The van der Waals surface area contributed by atoms with Crippen LogP contribution in [0.1, 0.15) is 41.3 Å². The highest BCUT2D eigenvalue weighted by atomic mass is 16.5. The fraction of sp³-hybridized carbons (Fsp3) is 0.400. The van der Waals surface area contributed by atoms with Gasteiger partial charge >= 0.3 is 0 Å². The second kappa shape index (κ2) is 7.55. The Hall–Kier alpha value is -3.00. The quantitative estimate of drug-likeness (QED) is 0.841. The Morgan fingerprint density at radius 1 is 1.29 bits per heavy atom. The van der Waals surface area contributed by atoms with Gasteiger partial charge in [-0.1, -0.05) is 12.1 Å². The van der Waals surface area contributed by atoms with Gasteiger partial charge in [0, 0.05) is 43.5 Å². The number of carbonyl (C=O) groups is 2. The van der Waals surface area contributed by atoms with Crippen molar-refractivity contribution in [1.29, 1.82) is 0 Å². The third-order valence-electron chi connectivity index (χ3n) is 5.01. The highest BCUT2D eigenvalue weighted by molar-refractivity contribution is 6.00. The molecule has 0 unspecified atom stereocenters. The molecule has 8 heteroatoms. The number of benzene rings is 1. The average Bonchev–Trinajstić information content (AvgIpc) is 2.99. The number of nitrogens with zero attached hydrogens (tertiary/aromatic N) is 3. The molecule has 28 heavy (non-hydrogen) atoms. The van der Waals surface area contributed by atoms with E-state index in [1.807, 2.05) is 25.1 Å². The molecule has 1 aromatic carbocycles. The fourth-order valence-electron chi connectivity index (χ4n) is 3.56. The molecular formula is C20H23N5O3. The van der Waals surface area contributed by atoms with Gasteiger partial charge in [0.2, 0.25) is 11.9 Å². The van der Waals surface area contributed by atoms with Gasteiger partial charge in [0.05, 0.1) is 12.2 Å². The lowest BCUT2D eigenvalue weighted by molar-refractivity contribution is -0.122.